The van der Waals surface area contributed by atoms with E-state index in [2.05, 4.69) is 30.4 Å². The summed E-state index contributed by atoms with van der Waals surface area (Å²) in [6.07, 6.45) is 7.08. The fourth-order valence-electron chi connectivity index (χ4n) is 4.98. The van der Waals surface area contributed by atoms with Gasteiger partial charge < -0.3 is 19.9 Å². The van der Waals surface area contributed by atoms with E-state index in [-0.39, 0.29) is 17.4 Å². The summed E-state index contributed by atoms with van der Waals surface area (Å²) in [6, 6.07) is 4.11. The molecule has 6 rings (SSSR count). The number of rotatable bonds is 5. The van der Waals surface area contributed by atoms with Crippen molar-refractivity contribution in [3.63, 3.8) is 0 Å². The van der Waals surface area contributed by atoms with Gasteiger partial charge in [-0.3, -0.25) is 4.79 Å². The Kier molecular flexibility index (Phi) is 3.60. The molecule has 3 atom stereocenters. The quantitative estimate of drug-likeness (QED) is 0.509. The molecule has 2 fully saturated rings. The number of carbonyl (C=O) groups is 1. The molecule has 10 nitrogen and oxygen atoms in total. The van der Waals surface area contributed by atoms with E-state index in [1.807, 2.05) is 38.6 Å². The number of hydrogen-bond donors (Lipinski definition) is 2. The first-order chi connectivity index (χ1) is 15.0. The zero-order chi connectivity index (χ0) is 21.3. The van der Waals surface area contributed by atoms with Crippen molar-refractivity contribution in [2.24, 2.45) is 11.3 Å². The van der Waals surface area contributed by atoms with Gasteiger partial charge in [-0.1, -0.05) is 0 Å². The number of H-pyrrole nitrogens is 1. The molecule has 2 saturated carbocycles. The van der Waals surface area contributed by atoms with Crippen LogP contribution < -0.4 is 10.1 Å². The third-order valence-corrected chi connectivity index (χ3v) is 6.63. The van der Waals surface area contributed by atoms with Crippen LogP contribution in [0.2, 0.25) is 0 Å². The number of ether oxygens (including phenoxy) is 1. The van der Waals surface area contributed by atoms with Gasteiger partial charge in [-0.05, 0) is 30.9 Å². The Hall–Kier alpha value is -3.69. The van der Waals surface area contributed by atoms with Gasteiger partial charge in [0.15, 0.2) is 5.65 Å². The summed E-state index contributed by atoms with van der Waals surface area (Å²) in [5.74, 6) is 1.57. The van der Waals surface area contributed by atoms with E-state index in [1.165, 1.54) is 6.33 Å². The maximum Gasteiger partial charge on any atom is 0.228 e. The molecule has 2 aliphatic carbocycles. The largest absolute Gasteiger partial charge is 0.480 e. The zero-order valence-electron chi connectivity index (χ0n) is 17.5. The normalized spacial score (nSPS) is 24.0. The third-order valence-electron chi connectivity index (χ3n) is 6.63. The molecule has 0 spiro atoms. The number of aromatic nitrogens is 6. The van der Waals surface area contributed by atoms with Crippen LogP contribution in [-0.4, -0.2) is 67.6 Å². The van der Waals surface area contributed by atoms with Gasteiger partial charge in [0.25, 0.3) is 0 Å². The first kappa shape index (κ1) is 18.1. The molecule has 2 aliphatic rings. The Morgan fingerprint density at radius 1 is 1.32 bits per heavy atom. The van der Waals surface area contributed by atoms with Gasteiger partial charge in [-0.15, -0.1) is 0 Å². The van der Waals surface area contributed by atoms with Crippen molar-refractivity contribution in [1.29, 1.82) is 0 Å². The minimum Gasteiger partial charge on any atom is -0.480 e. The van der Waals surface area contributed by atoms with Gasteiger partial charge in [0.05, 0.1) is 17.9 Å². The highest BCUT2D eigenvalue weighted by Crippen LogP contribution is 2.68. The lowest BCUT2D eigenvalue weighted by Crippen LogP contribution is -2.46. The first-order valence-corrected chi connectivity index (χ1v) is 10.2. The molecule has 0 saturated heterocycles. The minimum atomic E-state index is -0.172. The van der Waals surface area contributed by atoms with Crippen LogP contribution in [0, 0.1) is 11.3 Å². The van der Waals surface area contributed by atoms with Crippen LogP contribution in [0.1, 0.15) is 12.8 Å². The van der Waals surface area contributed by atoms with Crippen molar-refractivity contribution in [3.8, 4) is 17.0 Å². The number of nitrogens with one attached hydrogen (secondary N) is 2. The Morgan fingerprint density at radius 3 is 2.97 bits per heavy atom. The van der Waals surface area contributed by atoms with Crippen LogP contribution in [0.4, 0.5) is 5.95 Å². The highest BCUT2D eigenvalue weighted by Gasteiger charge is 2.72. The molecular weight excluding hydrogens is 396 g/mol. The third kappa shape index (κ3) is 2.54. The SMILES string of the molecule is COc1nc(N[C@H]2C[C@]3(C(=O)N(C)C)CC23)nc2[nH]cc(-c3ccc4ncnn4c3)c12. The fourth-order valence-corrected chi connectivity index (χ4v) is 4.98. The predicted molar refractivity (Wildman–Crippen MR) is 114 cm³/mol. The molecule has 158 valence electrons. The van der Waals surface area contributed by atoms with E-state index < -0.39 is 0 Å². The minimum absolute atomic E-state index is 0.172. The number of fused-ring (bicyclic) bond motifs is 3. The molecule has 0 aliphatic heterocycles. The second-order valence-corrected chi connectivity index (χ2v) is 8.58. The number of amides is 1. The van der Waals surface area contributed by atoms with Gasteiger partial charge in [0.2, 0.25) is 17.7 Å². The molecule has 0 aromatic carbocycles. The lowest BCUT2D eigenvalue weighted by atomic mass is 9.79. The van der Waals surface area contributed by atoms with Crippen LogP contribution in [0.5, 0.6) is 5.88 Å². The summed E-state index contributed by atoms with van der Waals surface area (Å²) in [7, 11) is 5.24. The van der Waals surface area contributed by atoms with E-state index in [0.717, 1.165) is 35.0 Å². The number of aromatic amines is 1. The van der Waals surface area contributed by atoms with E-state index in [9.17, 15) is 4.79 Å². The molecule has 4 aromatic rings. The van der Waals surface area contributed by atoms with Crippen molar-refractivity contribution in [1.82, 2.24) is 34.4 Å². The van der Waals surface area contributed by atoms with Gasteiger partial charge >= 0.3 is 0 Å². The number of nitrogens with zero attached hydrogens (tertiary/aromatic N) is 6. The number of pyridine rings is 1. The van der Waals surface area contributed by atoms with Crippen LogP contribution in [-0.2, 0) is 4.79 Å². The van der Waals surface area contributed by atoms with Gasteiger partial charge in [0, 0.05) is 43.7 Å². The Morgan fingerprint density at radius 2 is 2.19 bits per heavy atom. The Labute approximate surface area is 177 Å². The fraction of sp³-hybridized carbons (Fsp3) is 0.381. The highest BCUT2D eigenvalue weighted by molar-refractivity contribution is 5.97. The smallest absolute Gasteiger partial charge is 0.228 e. The Bertz CT molecular complexity index is 1340. The molecule has 1 amide bonds. The van der Waals surface area contributed by atoms with Crippen LogP contribution in [0.25, 0.3) is 27.8 Å². The monoisotopic (exact) mass is 418 g/mol. The van der Waals surface area contributed by atoms with E-state index in [1.54, 1.807) is 16.5 Å². The lowest BCUT2D eigenvalue weighted by Gasteiger charge is -2.35. The second kappa shape index (κ2) is 6.16. The van der Waals surface area contributed by atoms with Gasteiger partial charge in [-0.2, -0.15) is 15.1 Å². The number of methoxy groups -OCH3 is 1. The van der Waals surface area contributed by atoms with E-state index in [4.69, 9.17) is 4.74 Å². The number of anilines is 1. The van der Waals surface area contributed by atoms with Crippen molar-refractivity contribution < 1.29 is 9.53 Å². The van der Waals surface area contributed by atoms with Crippen molar-refractivity contribution >= 4 is 28.5 Å². The van der Waals surface area contributed by atoms with Crippen molar-refractivity contribution in [2.45, 2.75) is 18.9 Å². The van der Waals surface area contributed by atoms with Gasteiger partial charge in [0.1, 0.15) is 12.0 Å². The van der Waals surface area contributed by atoms with Gasteiger partial charge in [-0.25, -0.2) is 9.50 Å². The first-order valence-electron chi connectivity index (χ1n) is 10.2. The second-order valence-electron chi connectivity index (χ2n) is 8.58. The summed E-state index contributed by atoms with van der Waals surface area (Å²) < 4.78 is 7.34. The molecule has 1 unspecified atom stereocenters. The topological polar surface area (TPSA) is 113 Å². The average molecular weight is 418 g/mol. The van der Waals surface area contributed by atoms with Crippen LogP contribution in [0.15, 0.2) is 30.9 Å². The molecule has 0 radical (unpaired) electrons. The maximum absolute atomic E-state index is 12.4. The predicted octanol–water partition coefficient (Wildman–Crippen LogP) is 1.95. The molecule has 31 heavy (non-hydrogen) atoms. The van der Waals surface area contributed by atoms with E-state index >= 15 is 0 Å². The number of carbonyl (C=O) groups excluding carboxylic acids is 1. The summed E-state index contributed by atoms with van der Waals surface area (Å²) in [5.41, 5.74) is 3.18. The van der Waals surface area contributed by atoms with Crippen molar-refractivity contribution in [2.75, 3.05) is 26.5 Å². The molecule has 4 heterocycles. The lowest BCUT2D eigenvalue weighted by molar-refractivity contribution is -0.137. The molecule has 0 bridgehead atoms. The molecule has 2 N–H and O–H groups in total. The van der Waals surface area contributed by atoms with Crippen molar-refractivity contribution in [3.05, 3.63) is 30.9 Å². The summed E-state index contributed by atoms with van der Waals surface area (Å²) in [5, 5.41) is 8.43. The maximum atomic E-state index is 12.4. The molecular formula is C21H22N8O2. The van der Waals surface area contributed by atoms with Crippen LogP contribution in [0.3, 0.4) is 0 Å². The average Bonchev–Trinajstić information content (AvgIpc) is 3.10. The Balaban J connectivity index is 1.30. The standard InChI is InChI=1S/C21H22N8O2/c1-28(2)19(30)21-6-13(21)14(7-21)25-20-26-17-16(18(27-20)31-3)12(8-22-17)11-4-5-15-23-10-24-29(15)9-11/h4-5,8-10,13-14H,6-7H2,1-3H3,(H2,22,25,26,27)/t13?,14-,21+/m0/s1. The molecule has 4 aromatic heterocycles. The summed E-state index contributed by atoms with van der Waals surface area (Å²) >= 11 is 0. The zero-order valence-corrected chi connectivity index (χ0v) is 17.5. The van der Waals surface area contributed by atoms with E-state index in [0.29, 0.717) is 23.4 Å². The summed E-state index contributed by atoms with van der Waals surface area (Å²) in [4.78, 5) is 30.8. The number of hydrogen-bond acceptors (Lipinski definition) is 7. The molecule has 10 heteroatoms. The summed E-state index contributed by atoms with van der Waals surface area (Å²) in [6.45, 7) is 0. The highest BCUT2D eigenvalue weighted by atomic mass is 16.5. The van der Waals surface area contributed by atoms with Crippen LogP contribution >= 0.6 is 0 Å².